The van der Waals surface area contributed by atoms with E-state index in [1.54, 1.807) is 25.3 Å². The molecule has 0 aliphatic carbocycles. The predicted octanol–water partition coefficient (Wildman–Crippen LogP) is 1.77. The number of pyridine rings is 1. The van der Waals surface area contributed by atoms with Gasteiger partial charge in [-0.15, -0.1) is 6.58 Å². The van der Waals surface area contributed by atoms with Crippen molar-refractivity contribution < 1.29 is 9.53 Å². The molecule has 1 saturated heterocycles. The second-order valence-corrected chi connectivity index (χ2v) is 5.97. The van der Waals surface area contributed by atoms with Gasteiger partial charge in [0.2, 0.25) is 5.43 Å². The minimum atomic E-state index is -0.585. The molecule has 25 heavy (non-hydrogen) atoms. The van der Waals surface area contributed by atoms with Gasteiger partial charge in [-0.1, -0.05) is 6.08 Å². The molecule has 0 radical (unpaired) electrons. The quantitative estimate of drug-likeness (QED) is 0.663. The first-order valence-corrected chi connectivity index (χ1v) is 8.56. The third kappa shape index (κ3) is 3.44. The fourth-order valence-electron chi connectivity index (χ4n) is 3.14. The van der Waals surface area contributed by atoms with Crippen molar-refractivity contribution in [1.29, 1.82) is 0 Å². The van der Waals surface area contributed by atoms with Gasteiger partial charge >= 0.3 is 5.97 Å². The fraction of sp³-hybridized carbons (Fsp3) is 0.368. The van der Waals surface area contributed by atoms with Crippen LogP contribution in [0.3, 0.4) is 0 Å². The Morgan fingerprint density at radius 1 is 1.36 bits per heavy atom. The number of hydrogen-bond donors (Lipinski definition) is 1. The van der Waals surface area contributed by atoms with Crippen LogP contribution in [0.1, 0.15) is 17.3 Å². The Balaban J connectivity index is 2.13. The lowest BCUT2D eigenvalue weighted by Gasteiger charge is -2.29. The zero-order valence-electron chi connectivity index (χ0n) is 14.5. The molecule has 2 aromatic rings. The Morgan fingerprint density at radius 2 is 2.12 bits per heavy atom. The predicted molar refractivity (Wildman–Crippen MR) is 99.4 cm³/mol. The zero-order valence-corrected chi connectivity index (χ0v) is 14.5. The Bertz CT molecular complexity index is 851. The van der Waals surface area contributed by atoms with E-state index in [-0.39, 0.29) is 17.6 Å². The molecule has 3 rings (SSSR count). The molecule has 1 N–H and O–H groups in total. The highest BCUT2D eigenvalue weighted by molar-refractivity contribution is 5.94. The summed E-state index contributed by atoms with van der Waals surface area (Å²) in [5.74, 6) is -0.585. The average molecular weight is 341 g/mol. The Morgan fingerprint density at radius 3 is 2.80 bits per heavy atom. The van der Waals surface area contributed by atoms with Gasteiger partial charge in [0.25, 0.3) is 0 Å². The molecule has 0 bridgehead atoms. The van der Waals surface area contributed by atoms with Crippen LogP contribution in [0.15, 0.2) is 41.8 Å². The van der Waals surface area contributed by atoms with E-state index in [2.05, 4.69) is 16.8 Å². The van der Waals surface area contributed by atoms with Crippen molar-refractivity contribution in [3.8, 4) is 0 Å². The molecule has 1 aromatic carbocycles. The summed E-state index contributed by atoms with van der Waals surface area (Å²) in [6.45, 7) is 9.99. The Hall–Kier alpha value is -2.60. The van der Waals surface area contributed by atoms with Gasteiger partial charge in [-0.05, 0) is 25.1 Å². The Labute approximate surface area is 146 Å². The standard InChI is InChI=1S/C19H23N3O3/c1-3-9-22-13-16(19(24)25-4-2)18(23)15-6-5-14(12-17(15)22)21-10-7-20-8-11-21/h3,5-6,12-13,20H,1,4,7-11H2,2H3. The smallest absolute Gasteiger partial charge is 0.343 e. The van der Waals surface area contributed by atoms with Gasteiger partial charge in [0, 0.05) is 50.0 Å². The van der Waals surface area contributed by atoms with Crippen LogP contribution in [0.25, 0.3) is 10.9 Å². The average Bonchev–Trinajstić information content (AvgIpc) is 2.64. The van der Waals surface area contributed by atoms with Gasteiger partial charge in [-0.3, -0.25) is 4.79 Å². The molecule has 6 heteroatoms. The molecule has 1 aromatic heterocycles. The number of nitrogens with one attached hydrogen (secondary N) is 1. The molecule has 0 spiro atoms. The number of nitrogens with zero attached hydrogens (tertiary/aromatic N) is 2. The van der Waals surface area contributed by atoms with Crippen LogP contribution >= 0.6 is 0 Å². The molecule has 6 nitrogen and oxygen atoms in total. The normalized spacial score (nSPS) is 14.5. The number of piperazine rings is 1. The number of rotatable bonds is 5. The first-order valence-electron chi connectivity index (χ1n) is 8.56. The molecule has 2 heterocycles. The third-order valence-electron chi connectivity index (χ3n) is 4.37. The van der Waals surface area contributed by atoms with Gasteiger partial charge in [0.1, 0.15) is 5.56 Å². The summed E-state index contributed by atoms with van der Waals surface area (Å²) in [6.07, 6.45) is 3.32. The van der Waals surface area contributed by atoms with E-state index < -0.39 is 5.97 Å². The van der Waals surface area contributed by atoms with E-state index in [4.69, 9.17) is 4.74 Å². The van der Waals surface area contributed by atoms with Crippen LogP contribution in [0.5, 0.6) is 0 Å². The maximum atomic E-state index is 12.7. The van der Waals surface area contributed by atoms with Crippen molar-refractivity contribution in [3.05, 3.63) is 52.8 Å². The number of allylic oxidation sites excluding steroid dienone is 1. The lowest BCUT2D eigenvalue weighted by molar-refractivity contribution is 0.0524. The zero-order chi connectivity index (χ0) is 17.8. The number of benzene rings is 1. The highest BCUT2D eigenvalue weighted by atomic mass is 16.5. The summed E-state index contributed by atoms with van der Waals surface area (Å²) >= 11 is 0. The van der Waals surface area contributed by atoms with Gasteiger partial charge in [-0.2, -0.15) is 0 Å². The fourth-order valence-corrected chi connectivity index (χ4v) is 3.14. The van der Waals surface area contributed by atoms with Crippen molar-refractivity contribution in [2.24, 2.45) is 0 Å². The van der Waals surface area contributed by atoms with E-state index in [1.165, 1.54) is 0 Å². The van der Waals surface area contributed by atoms with E-state index in [0.717, 1.165) is 37.4 Å². The van der Waals surface area contributed by atoms with E-state index in [0.29, 0.717) is 11.9 Å². The highest BCUT2D eigenvalue weighted by Gasteiger charge is 2.18. The lowest BCUT2D eigenvalue weighted by atomic mass is 10.1. The molecule has 1 aliphatic rings. The van der Waals surface area contributed by atoms with E-state index in [1.807, 2.05) is 16.7 Å². The number of aromatic nitrogens is 1. The van der Waals surface area contributed by atoms with Crippen molar-refractivity contribution in [1.82, 2.24) is 9.88 Å². The number of esters is 1. The van der Waals surface area contributed by atoms with Crippen molar-refractivity contribution >= 4 is 22.6 Å². The summed E-state index contributed by atoms with van der Waals surface area (Å²) in [6, 6.07) is 5.76. The molecular formula is C19H23N3O3. The molecular weight excluding hydrogens is 318 g/mol. The van der Waals surface area contributed by atoms with Gasteiger partial charge < -0.3 is 19.5 Å². The molecule has 0 amide bonds. The number of carbonyl (C=O) groups is 1. The van der Waals surface area contributed by atoms with Crippen LogP contribution in [0.4, 0.5) is 5.69 Å². The molecule has 0 atom stereocenters. The van der Waals surface area contributed by atoms with Gasteiger partial charge in [-0.25, -0.2) is 4.79 Å². The minimum absolute atomic E-state index is 0.0612. The summed E-state index contributed by atoms with van der Waals surface area (Å²) < 4.78 is 6.89. The molecule has 132 valence electrons. The maximum absolute atomic E-state index is 12.7. The van der Waals surface area contributed by atoms with Crippen LogP contribution in [0.2, 0.25) is 0 Å². The summed E-state index contributed by atoms with van der Waals surface area (Å²) in [4.78, 5) is 27.1. The summed E-state index contributed by atoms with van der Waals surface area (Å²) in [7, 11) is 0. The van der Waals surface area contributed by atoms with E-state index >= 15 is 0 Å². The number of carbonyl (C=O) groups excluding carboxylic acids is 1. The van der Waals surface area contributed by atoms with Crippen molar-refractivity contribution in [3.63, 3.8) is 0 Å². The summed E-state index contributed by atoms with van der Waals surface area (Å²) in [5, 5.41) is 3.85. The van der Waals surface area contributed by atoms with Crippen LogP contribution < -0.4 is 15.6 Å². The maximum Gasteiger partial charge on any atom is 0.343 e. The van der Waals surface area contributed by atoms with Crippen molar-refractivity contribution in [2.75, 3.05) is 37.7 Å². The van der Waals surface area contributed by atoms with Crippen LogP contribution in [-0.4, -0.2) is 43.3 Å². The molecule has 1 aliphatic heterocycles. The molecule has 1 fully saturated rings. The third-order valence-corrected chi connectivity index (χ3v) is 4.37. The second-order valence-electron chi connectivity index (χ2n) is 5.97. The first kappa shape index (κ1) is 17.2. The summed E-state index contributed by atoms with van der Waals surface area (Å²) in [5.41, 5.74) is 1.65. The van der Waals surface area contributed by atoms with Gasteiger partial charge in [0.05, 0.1) is 12.1 Å². The highest BCUT2D eigenvalue weighted by Crippen LogP contribution is 2.22. The van der Waals surface area contributed by atoms with Crippen molar-refractivity contribution in [2.45, 2.75) is 13.5 Å². The Kier molecular flexibility index (Phi) is 5.19. The van der Waals surface area contributed by atoms with Crippen LogP contribution in [0, 0.1) is 0 Å². The second kappa shape index (κ2) is 7.53. The number of anilines is 1. The number of hydrogen-bond acceptors (Lipinski definition) is 5. The van der Waals surface area contributed by atoms with E-state index in [9.17, 15) is 9.59 Å². The number of ether oxygens (including phenoxy) is 1. The minimum Gasteiger partial charge on any atom is -0.462 e. The van der Waals surface area contributed by atoms with Crippen LogP contribution in [-0.2, 0) is 11.3 Å². The molecule has 0 unspecified atom stereocenters. The lowest BCUT2D eigenvalue weighted by Crippen LogP contribution is -2.43. The topological polar surface area (TPSA) is 63.6 Å². The van der Waals surface area contributed by atoms with Gasteiger partial charge in [0.15, 0.2) is 0 Å². The SMILES string of the molecule is C=CCn1cc(C(=O)OCC)c(=O)c2ccc(N3CCNCC3)cc21. The molecule has 0 saturated carbocycles. The largest absolute Gasteiger partial charge is 0.462 e. The monoisotopic (exact) mass is 341 g/mol. The number of fused-ring (bicyclic) bond motifs is 1. The first-order chi connectivity index (χ1) is 12.2.